The highest BCUT2D eigenvalue weighted by molar-refractivity contribution is 7.92. The molecule has 2 aliphatic rings. The Morgan fingerprint density at radius 2 is 1.50 bits per heavy atom. The van der Waals surface area contributed by atoms with Gasteiger partial charge in [0, 0.05) is 44.0 Å². The second-order valence-electron chi connectivity index (χ2n) is 7.26. The lowest BCUT2D eigenvalue weighted by Crippen LogP contribution is -2.48. The van der Waals surface area contributed by atoms with Crippen LogP contribution in [0, 0.1) is 0 Å². The van der Waals surface area contributed by atoms with Crippen LogP contribution in [0.3, 0.4) is 0 Å². The van der Waals surface area contributed by atoms with Gasteiger partial charge in [-0.05, 0) is 43.2 Å². The van der Waals surface area contributed by atoms with Crippen molar-refractivity contribution in [3.8, 4) is 0 Å². The molecule has 2 fully saturated rings. The number of benzene rings is 2. The molecule has 0 aliphatic carbocycles. The van der Waals surface area contributed by atoms with Crippen LogP contribution in [0.4, 0.5) is 11.4 Å². The van der Waals surface area contributed by atoms with Gasteiger partial charge in [0.15, 0.2) is 0 Å². The molecule has 0 radical (unpaired) electrons. The van der Waals surface area contributed by atoms with Crippen LogP contribution in [0.5, 0.6) is 0 Å². The van der Waals surface area contributed by atoms with Gasteiger partial charge in [0.1, 0.15) is 0 Å². The van der Waals surface area contributed by atoms with Crippen molar-refractivity contribution in [1.29, 1.82) is 0 Å². The number of hydrogen-bond donors (Lipinski definition) is 0. The lowest BCUT2D eigenvalue weighted by molar-refractivity contribution is 0.0747. The summed E-state index contributed by atoms with van der Waals surface area (Å²) in [4.78, 5) is 17.1. The zero-order valence-corrected chi connectivity index (χ0v) is 16.6. The van der Waals surface area contributed by atoms with Crippen molar-refractivity contribution in [1.82, 2.24) is 4.90 Å². The third-order valence-corrected chi connectivity index (χ3v) is 7.29. The lowest BCUT2D eigenvalue weighted by atomic mass is 10.1. The topological polar surface area (TPSA) is 60.9 Å². The van der Waals surface area contributed by atoms with Gasteiger partial charge in [0.2, 0.25) is 10.0 Å². The number of anilines is 2. The van der Waals surface area contributed by atoms with Crippen LogP contribution in [0.25, 0.3) is 0 Å². The van der Waals surface area contributed by atoms with E-state index in [1.807, 2.05) is 23.1 Å². The monoisotopic (exact) mass is 399 g/mol. The summed E-state index contributed by atoms with van der Waals surface area (Å²) >= 11 is 0. The van der Waals surface area contributed by atoms with Crippen LogP contribution in [0.15, 0.2) is 54.6 Å². The molecule has 4 rings (SSSR count). The minimum absolute atomic E-state index is 0.0380. The maximum atomic E-state index is 13.0. The molecule has 0 unspecified atom stereocenters. The van der Waals surface area contributed by atoms with Gasteiger partial charge in [-0.3, -0.25) is 9.10 Å². The van der Waals surface area contributed by atoms with E-state index in [1.54, 1.807) is 24.3 Å². The third-order valence-electron chi connectivity index (χ3n) is 5.42. The van der Waals surface area contributed by atoms with Gasteiger partial charge < -0.3 is 9.80 Å². The van der Waals surface area contributed by atoms with Crippen LogP contribution >= 0.6 is 0 Å². The molecule has 0 atom stereocenters. The smallest absolute Gasteiger partial charge is 0.254 e. The van der Waals surface area contributed by atoms with E-state index in [0.29, 0.717) is 37.3 Å². The number of piperazine rings is 1. The minimum Gasteiger partial charge on any atom is -0.368 e. The Hall–Kier alpha value is -2.54. The number of para-hydroxylation sites is 1. The highest BCUT2D eigenvalue weighted by Crippen LogP contribution is 2.25. The van der Waals surface area contributed by atoms with Gasteiger partial charge in [-0.25, -0.2) is 8.42 Å². The molecule has 0 N–H and O–H groups in total. The average Bonchev–Trinajstić information content (AvgIpc) is 2.74. The first-order valence-electron chi connectivity index (χ1n) is 9.74. The molecule has 0 spiro atoms. The molecule has 2 heterocycles. The van der Waals surface area contributed by atoms with Gasteiger partial charge in [-0.2, -0.15) is 0 Å². The number of carbonyl (C=O) groups is 1. The molecule has 148 valence electrons. The third kappa shape index (κ3) is 3.85. The Labute approximate surface area is 166 Å². The lowest BCUT2D eigenvalue weighted by Gasteiger charge is -2.36. The summed E-state index contributed by atoms with van der Waals surface area (Å²) in [5, 5.41) is 0. The second-order valence-corrected chi connectivity index (χ2v) is 9.27. The predicted molar refractivity (Wildman–Crippen MR) is 111 cm³/mol. The number of sulfonamides is 1. The molecule has 6 nitrogen and oxygen atoms in total. The van der Waals surface area contributed by atoms with Gasteiger partial charge in [-0.1, -0.05) is 24.3 Å². The molecule has 2 aliphatic heterocycles. The molecular weight excluding hydrogens is 374 g/mol. The van der Waals surface area contributed by atoms with E-state index in [-0.39, 0.29) is 11.7 Å². The molecule has 7 heteroatoms. The fraction of sp³-hybridized carbons (Fsp3) is 0.381. The minimum atomic E-state index is -3.28. The number of nitrogens with zero attached hydrogens (tertiary/aromatic N) is 3. The zero-order valence-electron chi connectivity index (χ0n) is 15.8. The Kier molecular flexibility index (Phi) is 5.26. The van der Waals surface area contributed by atoms with Gasteiger partial charge in [-0.15, -0.1) is 0 Å². The fourth-order valence-electron chi connectivity index (χ4n) is 3.86. The normalized spacial score (nSPS) is 19.5. The van der Waals surface area contributed by atoms with Crippen LogP contribution in [-0.4, -0.2) is 57.7 Å². The van der Waals surface area contributed by atoms with Gasteiger partial charge in [0.25, 0.3) is 5.91 Å². The standard InChI is InChI=1S/C21H25N3O3S/c25-21(23-14-12-22(13-15-23)19-8-2-1-3-9-19)18-7-6-10-20(17-18)24-11-4-5-16-28(24,26)27/h1-3,6-10,17H,4-5,11-16H2. The van der Waals surface area contributed by atoms with Crippen LogP contribution in [-0.2, 0) is 10.0 Å². The highest BCUT2D eigenvalue weighted by Gasteiger charge is 2.27. The summed E-state index contributed by atoms with van der Waals surface area (Å²) in [6.45, 7) is 3.36. The van der Waals surface area contributed by atoms with Crippen molar-refractivity contribution < 1.29 is 13.2 Å². The average molecular weight is 400 g/mol. The van der Waals surface area contributed by atoms with E-state index in [9.17, 15) is 13.2 Å². The summed E-state index contributed by atoms with van der Waals surface area (Å²) in [5.41, 5.74) is 2.31. The first-order valence-corrected chi connectivity index (χ1v) is 11.4. The van der Waals surface area contributed by atoms with Crippen molar-refractivity contribution in [3.63, 3.8) is 0 Å². The van der Waals surface area contributed by atoms with Crippen molar-refractivity contribution in [2.45, 2.75) is 12.8 Å². The van der Waals surface area contributed by atoms with Crippen LogP contribution in [0.2, 0.25) is 0 Å². The Morgan fingerprint density at radius 3 is 2.21 bits per heavy atom. The predicted octanol–water partition coefficient (Wildman–Crippen LogP) is 2.58. The van der Waals surface area contributed by atoms with Gasteiger partial charge >= 0.3 is 0 Å². The van der Waals surface area contributed by atoms with E-state index >= 15 is 0 Å². The first-order chi connectivity index (χ1) is 13.5. The summed E-state index contributed by atoms with van der Waals surface area (Å²) < 4.78 is 26.2. The quantitative estimate of drug-likeness (QED) is 0.796. The number of rotatable bonds is 3. The van der Waals surface area contributed by atoms with Gasteiger partial charge in [0.05, 0.1) is 11.4 Å². The van der Waals surface area contributed by atoms with E-state index < -0.39 is 10.0 Å². The summed E-state index contributed by atoms with van der Waals surface area (Å²) in [6, 6.07) is 17.2. The molecule has 28 heavy (non-hydrogen) atoms. The SMILES string of the molecule is O=C(c1cccc(N2CCCCS2(=O)=O)c1)N1CCN(c2ccccc2)CC1. The molecule has 2 aromatic rings. The molecule has 0 saturated carbocycles. The summed E-state index contributed by atoms with van der Waals surface area (Å²) in [7, 11) is -3.28. The number of carbonyl (C=O) groups excluding carboxylic acids is 1. The Bertz CT molecular complexity index is 938. The van der Waals surface area contributed by atoms with Crippen molar-refractivity contribution in [2.24, 2.45) is 0 Å². The number of hydrogen-bond acceptors (Lipinski definition) is 4. The van der Waals surface area contributed by atoms with E-state index in [2.05, 4.69) is 17.0 Å². The Morgan fingerprint density at radius 1 is 0.786 bits per heavy atom. The molecule has 1 amide bonds. The van der Waals surface area contributed by atoms with Crippen molar-refractivity contribution in [3.05, 3.63) is 60.2 Å². The molecule has 2 aromatic carbocycles. The molecule has 0 bridgehead atoms. The highest BCUT2D eigenvalue weighted by atomic mass is 32.2. The Balaban J connectivity index is 1.46. The van der Waals surface area contributed by atoms with Crippen molar-refractivity contribution in [2.75, 3.05) is 47.7 Å². The number of amides is 1. The van der Waals surface area contributed by atoms with Crippen LogP contribution < -0.4 is 9.21 Å². The zero-order chi connectivity index (χ0) is 19.6. The van der Waals surface area contributed by atoms with E-state index in [1.165, 1.54) is 9.99 Å². The first kappa shape index (κ1) is 18.8. The largest absolute Gasteiger partial charge is 0.368 e. The maximum absolute atomic E-state index is 13.0. The van der Waals surface area contributed by atoms with E-state index in [0.717, 1.165) is 19.5 Å². The summed E-state index contributed by atoms with van der Waals surface area (Å²) in [5.74, 6) is 0.135. The summed E-state index contributed by atoms with van der Waals surface area (Å²) in [6.07, 6.45) is 1.54. The van der Waals surface area contributed by atoms with Crippen molar-refractivity contribution >= 4 is 27.3 Å². The maximum Gasteiger partial charge on any atom is 0.254 e. The fourth-order valence-corrected chi connectivity index (χ4v) is 5.49. The van der Waals surface area contributed by atoms with Crippen LogP contribution in [0.1, 0.15) is 23.2 Å². The molecule has 0 aromatic heterocycles. The second kappa shape index (κ2) is 7.83. The molecular formula is C21H25N3O3S. The molecule has 2 saturated heterocycles. The van der Waals surface area contributed by atoms with E-state index in [4.69, 9.17) is 0 Å².